The van der Waals surface area contributed by atoms with E-state index in [1.54, 1.807) is 48.3 Å². The van der Waals surface area contributed by atoms with Gasteiger partial charge in [-0.2, -0.15) is 4.31 Å². The van der Waals surface area contributed by atoms with Crippen molar-refractivity contribution in [2.45, 2.75) is 43.5 Å². The molecule has 0 N–H and O–H groups in total. The molecule has 0 radical (unpaired) electrons. The van der Waals surface area contributed by atoms with E-state index >= 15 is 0 Å². The first-order valence-electron chi connectivity index (χ1n) is 11.1. The number of carbonyl (C=O) groups excluding carboxylic acids is 1. The number of carbonyl (C=O) groups is 1. The van der Waals surface area contributed by atoms with Gasteiger partial charge in [-0.1, -0.05) is 18.0 Å². The van der Waals surface area contributed by atoms with Crippen LogP contribution < -0.4 is 9.47 Å². The summed E-state index contributed by atoms with van der Waals surface area (Å²) in [4.78, 5) is 14.6. The van der Waals surface area contributed by atoms with Crippen molar-refractivity contribution in [1.29, 1.82) is 0 Å². The Balaban J connectivity index is 1.68. The van der Waals surface area contributed by atoms with Crippen LogP contribution >= 0.6 is 11.6 Å². The second-order valence-electron chi connectivity index (χ2n) is 8.21. The first kappa shape index (κ1) is 25.3. The fraction of sp³-hybridized carbons (Fsp3) is 0.458. The molecule has 0 spiro atoms. The van der Waals surface area contributed by atoms with Gasteiger partial charge in [0.1, 0.15) is 16.4 Å². The summed E-state index contributed by atoms with van der Waals surface area (Å²) in [5.41, 5.74) is 0.306. The van der Waals surface area contributed by atoms with Gasteiger partial charge in [0.15, 0.2) is 0 Å². The second-order valence-corrected chi connectivity index (χ2v) is 10.5. The van der Waals surface area contributed by atoms with Crippen LogP contribution in [0.25, 0.3) is 0 Å². The average Bonchev–Trinajstić information content (AvgIpc) is 2.82. The van der Waals surface area contributed by atoms with Crippen LogP contribution in [-0.4, -0.2) is 63.4 Å². The first-order chi connectivity index (χ1) is 15.7. The lowest BCUT2D eigenvalue weighted by molar-refractivity contribution is 0.0787. The molecule has 0 aromatic heterocycles. The molecule has 1 atom stereocenters. The Morgan fingerprint density at radius 3 is 2.58 bits per heavy atom. The molecule has 2 aromatic rings. The molecule has 0 saturated carbocycles. The van der Waals surface area contributed by atoms with Crippen LogP contribution in [0.1, 0.15) is 43.0 Å². The lowest BCUT2D eigenvalue weighted by atomic mass is 10.1. The summed E-state index contributed by atoms with van der Waals surface area (Å²) in [6.07, 6.45) is 3.28. The quantitative estimate of drug-likeness (QED) is 0.481. The van der Waals surface area contributed by atoms with E-state index in [9.17, 15) is 13.2 Å². The number of piperidine rings is 1. The van der Waals surface area contributed by atoms with Crippen LogP contribution in [0.15, 0.2) is 47.4 Å². The van der Waals surface area contributed by atoms with Crippen molar-refractivity contribution < 1.29 is 22.7 Å². The number of nitrogens with zero attached hydrogens (tertiary/aromatic N) is 2. The standard InChI is InChI=1S/C24H31ClN2O5S/c1-18-7-4-5-15-27(18)33(29,30)23-17-19(8-13-22(23)31-3)24(28)26(2)14-6-16-32-21-11-9-20(25)10-12-21/h8-13,17-18H,4-7,14-16H2,1-3H3. The number of sulfonamides is 1. The Hall–Kier alpha value is -2.29. The molecule has 7 nitrogen and oxygen atoms in total. The molecular weight excluding hydrogens is 464 g/mol. The van der Waals surface area contributed by atoms with Crippen molar-refractivity contribution in [1.82, 2.24) is 9.21 Å². The van der Waals surface area contributed by atoms with E-state index in [0.717, 1.165) is 19.3 Å². The Labute approximate surface area is 201 Å². The van der Waals surface area contributed by atoms with Crippen molar-refractivity contribution in [2.24, 2.45) is 0 Å². The summed E-state index contributed by atoms with van der Waals surface area (Å²) in [7, 11) is -0.659. The lowest BCUT2D eigenvalue weighted by Crippen LogP contribution is -2.42. The van der Waals surface area contributed by atoms with Crippen molar-refractivity contribution >= 4 is 27.5 Å². The number of rotatable bonds is 9. The van der Waals surface area contributed by atoms with Gasteiger partial charge in [0.25, 0.3) is 5.91 Å². The monoisotopic (exact) mass is 494 g/mol. The van der Waals surface area contributed by atoms with Crippen LogP contribution in [0.2, 0.25) is 5.02 Å². The summed E-state index contributed by atoms with van der Waals surface area (Å²) in [5, 5.41) is 0.642. The number of amides is 1. The summed E-state index contributed by atoms with van der Waals surface area (Å²) in [6, 6.07) is 11.6. The molecule has 3 rings (SSSR count). The maximum absolute atomic E-state index is 13.4. The molecule has 0 aliphatic carbocycles. The molecule has 0 bridgehead atoms. The molecule has 33 heavy (non-hydrogen) atoms. The average molecular weight is 495 g/mol. The Kier molecular flexibility index (Phi) is 8.62. The number of methoxy groups -OCH3 is 1. The number of hydrogen-bond acceptors (Lipinski definition) is 5. The third-order valence-corrected chi connectivity index (χ3v) is 8.09. The molecule has 1 unspecified atom stereocenters. The fourth-order valence-electron chi connectivity index (χ4n) is 3.91. The summed E-state index contributed by atoms with van der Waals surface area (Å²) >= 11 is 5.87. The third kappa shape index (κ3) is 6.19. The third-order valence-electron chi connectivity index (χ3n) is 5.81. The minimum atomic E-state index is -3.78. The zero-order valence-electron chi connectivity index (χ0n) is 19.3. The second kappa shape index (κ2) is 11.2. The van der Waals surface area contributed by atoms with Gasteiger partial charge in [0.2, 0.25) is 10.0 Å². The smallest absolute Gasteiger partial charge is 0.253 e. The van der Waals surface area contributed by atoms with Crippen LogP contribution in [-0.2, 0) is 10.0 Å². The van der Waals surface area contributed by atoms with Crippen molar-refractivity contribution in [2.75, 3.05) is 33.9 Å². The van der Waals surface area contributed by atoms with E-state index in [2.05, 4.69) is 0 Å². The van der Waals surface area contributed by atoms with E-state index in [1.807, 2.05) is 6.92 Å². The molecule has 1 fully saturated rings. The molecular formula is C24H31ClN2O5S. The van der Waals surface area contributed by atoms with Gasteiger partial charge >= 0.3 is 0 Å². The summed E-state index contributed by atoms with van der Waals surface area (Å²) in [5.74, 6) is 0.695. The van der Waals surface area contributed by atoms with Gasteiger partial charge in [-0.15, -0.1) is 0 Å². The van der Waals surface area contributed by atoms with Gasteiger partial charge < -0.3 is 14.4 Å². The molecule has 1 aliphatic heterocycles. The van der Waals surface area contributed by atoms with E-state index in [4.69, 9.17) is 21.1 Å². The molecule has 180 valence electrons. The van der Waals surface area contributed by atoms with Crippen LogP contribution in [0.4, 0.5) is 0 Å². The summed E-state index contributed by atoms with van der Waals surface area (Å²) in [6.45, 7) is 3.29. The number of benzene rings is 2. The Bertz CT molecular complexity index is 1060. The number of hydrogen-bond donors (Lipinski definition) is 0. The molecule has 1 saturated heterocycles. The van der Waals surface area contributed by atoms with Crippen molar-refractivity contribution in [3.05, 3.63) is 53.1 Å². The predicted molar refractivity (Wildman–Crippen MR) is 129 cm³/mol. The van der Waals surface area contributed by atoms with Crippen LogP contribution in [0.5, 0.6) is 11.5 Å². The fourth-order valence-corrected chi connectivity index (χ4v) is 5.92. The van der Waals surface area contributed by atoms with Gasteiger partial charge in [0, 0.05) is 36.8 Å². The largest absolute Gasteiger partial charge is 0.495 e. The molecule has 1 amide bonds. The van der Waals surface area contributed by atoms with E-state index in [1.165, 1.54) is 17.5 Å². The lowest BCUT2D eigenvalue weighted by Gasteiger charge is -2.32. The molecule has 1 heterocycles. The Morgan fingerprint density at radius 1 is 1.18 bits per heavy atom. The topological polar surface area (TPSA) is 76.1 Å². The highest BCUT2D eigenvalue weighted by Gasteiger charge is 2.33. The summed E-state index contributed by atoms with van der Waals surface area (Å²) < 4.78 is 39.3. The van der Waals surface area contributed by atoms with Crippen molar-refractivity contribution in [3.8, 4) is 11.5 Å². The highest BCUT2D eigenvalue weighted by Crippen LogP contribution is 2.32. The normalized spacial score (nSPS) is 16.9. The zero-order chi connectivity index (χ0) is 24.0. The van der Waals surface area contributed by atoms with Gasteiger partial charge in [-0.25, -0.2) is 8.42 Å². The Morgan fingerprint density at radius 2 is 1.91 bits per heavy atom. The van der Waals surface area contributed by atoms with Gasteiger partial charge in [-0.3, -0.25) is 4.79 Å². The zero-order valence-corrected chi connectivity index (χ0v) is 20.9. The minimum Gasteiger partial charge on any atom is -0.495 e. The number of halogens is 1. The first-order valence-corrected chi connectivity index (χ1v) is 12.9. The predicted octanol–water partition coefficient (Wildman–Crippen LogP) is 4.45. The van der Waals surface area contributed by atoms with E-state index < -0.39 is 10.0 Å². The van der Waals surface area contributed by atoms with Crippen molar-refractivity contribution in [3.63, 3.8) is 0 Å². The maximum atomic E-state index is 13.4. The van der Waals surface area contributed by atoms with Gasteiger partial charge in [0.05, 0.1) is 13.7 Å². The minimum absolute atomic E-state index is 0.0315. The van der Waals surface area contributed by atoms with Crippen LogP contribution in [0, 0.1) is 0 Å². The van der Waals surface area contributed by atoms with E-state index in [0.29, 0.717) is 42.5 Å². The van der Waals surface area contributed by atoms with Gasteiger partial charge in [-0.05, 0) is 68.7 Å². The SMILES string of the molecule is COc1ccc(C(=O)N(C)CCCOc2ccc(Cl)cc2)cc1S(=O)(=O)N1CCCCC1C. The molecule has 2 aromatic carbocycles. The highest BCUT2D eigenvalue weighted by atomic mass is 35.5. The molecule has 1 aliphatic rings. The maximum Gasteiger partial charge on any atom is 0.253 e. The van der Waals surface area contributed by atoms with E-state index in [-0.39, 0.29) is 22.6 Å². The molecule has 9 heteroatoms. The van der Waals surface area contributed by atoms with Crippen LogP contribution in [0.3, 0.4) is 0 Å². The highest BCUT2D eigenvalue weighted by molar-refractivity contribution is 7.89. The number of ether oxygens (including phenoxy) is 2.